The lowest BCUT2D eigenvalue weighted by atomic mass is 9.84. The van der Waals surface area contributed by atoms with Crippen molar-refractivity contribution in [2.45, 2.75) is 83.4 Å². The normalized spacial score (nSPS) is 22.9. The Morgan fingerprint density at radius 2 is 1.78 bits per heavy atom. The summed E-state index contributed by atoms with van der Waals surface area (Å²) in [6.07, 6.45) is 6.76. The van der Waals surface area contributed by atoms with Crippen LogP contribution in [0.5, 0.6) is 0 Å². The number of nitrogens with zero attached hydrogens (tertiary/aromatic N) is 2. The molecule has 1 aromatic heterocycles. The van der Waals surface area contributed by atoms with Crippen molar-refractivity contribution in [1.82, 2.24) is 15.2 Å². The molecule has 0 bridgehead atoms. The topological polar surface area (TPSA) is 83.6 Å². The van der Waals surface area contributed by atoms with E-state index in [-0.39, 0.29) is 35.4 Å². The summed E-state index contributed by atoms with van der Waals surface area (Å²) < 4.78 is 19.3. The molecule has 8 heteroatoms. The molecule has 3 rings (SSSR count). The number of aromatic nitrogens is 1. The van der Waals surface area contributed by atoms with Crippen molar-refractivity contribution in [1.29, 1.82) is 0 Å². The van der Waals surface area contributed by atoms with Crippen molar-refractivity contribution < 1.29 is 18.7 Å². The lowest BCUT2D eigenvalue weighted by Crippen LogP contribution is -2.39. The Bertz CT molecular complexity index is 795. The number of pyridine rings is 1. The molecular weight excluding hydrogens is 411 g/mol. The van der Waals surface area contributed by atoms with E-state index in [0.29, 0.717) is 12.2 Å². The van der Waals surface area contributed by atoms with Gasteiger partial charge in [0, 0.05) is 18.5 Å². The first-order chi connectivity index (χ1) is 15.1. The van der Waals surface area contributed by atoms with E-state index in [0.717, 1.165) is 57.8 Å². The Balaban J connectivity index is 1.53. The number of carbonyl (C=O) groups excluding carboxylic acids is 2. The second-order valence-corrected chi connectivity index (χ2v) is 10.3. The summed E-state index contributed by atoms with van der Waals surface area (Å²) in [5, 5.41) is 6.40. The maximum Gasteiger partial charge on any atom is 0.306 e. The zero-order valence-electron chi connectivity index (χ0n) is 19.7. The fraction of sp³-hybridized carbons (Fsp3) is 0.708. The van der Waals surface area contributed by atoms with Gasteiger partial charge >= 0.3 is 5.97 Å². The Labute approximate surface area is 190 Å². The van der Waals surface area contributed by atoms with Gasteiger partial charge in [0.15, 0.2) is 0 Å². The summed E-state index contributed by atoms with van der Waals surface area (Å²) in [7, 11) is 2.09. The number of carbonyl (C=O) groups is 2. The number of nitrogens with one attached hydrogen (secondary N) is 2. The van der Waals surface area contributed by atoms with Crippen molar-refractivity contribution in [2.24, 2.45) is 5.92 Å². The van der Waals surface area contributed by atoms with E-state index in [9.17, 15) is 14.0 Å². The van der Waals surface area contributed by atoms with Crippen LogP contribution in [0, 0.1) is 11.7 Å². The van der Waals surface area contributed by atoms with Crippen LogP contribution in [0.3, 0.4) is 0 Å². The van der Waals surface area contributed by atoms with Crippen molar-refractivity contribution in [3.63, 3.8) is 0 Å². The quantitative estimate of drug-likeness (QED) is 0.645. The van der Waals surface area contributed by atoms with Gasteiger partial charge in [0.25, 0.3) is 5.91 Å². The minimum Gasteiger partial charge on any atom is -0.460 e. The maximum atomic E-state index is 13.9. The van der Waals surface area contributed by atoms with Gasteiger partial charge in [-0.3, -0.25) is 9.59 Å². The van der Waals surface area contributed by atoms with E-state index in [4.69, 9.17) is 4.74 Å². The van der Waals surface area contributed by atoms with E-state index < -0.39 is 11.4 Å². The number of amides is 1. The molecule has 2 N–H and O–H groups in total. The Morgan fingerprint density at radius 3 is 2.41 bits per heavy atom. The average Bonchev–Trinajstić information content (AvgIpc) is 2.71. The van der Waals surface area contributed by atoms with Crippen LogP contribution in [0.4, 0.5) is 10.2 Å². The summed E-state index contributed by atoms with van der Waals surface area (Å²) in [4.78, 5) is 31.5. The lowest BCUT2D eigenvalue weighted by molar-refractivity contribution is -0.156. The fourth-order valence-corrected chi connectivity index (χ4v) is 4.47. The molecular formula is C24H37FN4O3. The van der Waals surface area contributed by atoms with Crippen LogP contribution in [0.15, 0.2) is 12.3 Å². The highest BCUT2D eigenvalue weighted by Gasteiger charge is 2.28. The van der Waals surface area contributed by atoms with Gasteiger partial charge in [-0.05, 0) is 91.4 Å². The average molecular weight is 449 g/mol. The standard InChI is InChI=1S/C24H37FN4O3/c1-24(2,3)32-21(30)13-16-5-7-18(8-6-16)28-23(31)20-14-17(25)15-26-22(20)27-19-9-11-29(4)12-10-19/h14-16,18-19H,5-13H2,1-4H3,(H,26,27)(H,28,31). The van der Waals surface area contributed by atoms with Gasteiger partial charge in [-0.15, -0.1) is 0 Å². The summed E-state index contributed by atoms with van der Waals surface area (Å²) in [5.41, 5.74) is -0.222. The van der Waals surface area contributed by atoms with Crippen LogP contribution < -0.4 is 10.6 Å². The number of ether oxygens (including phenoxy) is 1. The van der Waals surface area contributed by atoms with Gasteiger partial charge in [-0.1, -0.05) is 0 Å². The third-order valence-electron chi connectivity index (χ3n) is 6.22. The van der Waals surface area contributed by atoms with Crippen LogP contribution >= 0.6 is 0 Å². The molecule has 0 radical (unpaired) electrons. The minimum absolute atomic E-state index is 0.0110. The number of hydrogen-bond acceptors (Lipinski definition) is 6. The van der Waals surface area contributed by atoms with Gasteiger partial charge in [-0.25, -0.2) is 9.37 Å². The molecule has 0 unspecified atom stereocenters. The van der Waals surface area contributed by atoms with Crippen molar-refractivity contribution in [3.05, 3.63) is 23.6 Å². The summed E-state index contributed by atoms with van der Waals surface area (Å²) in [6.45, 7) is 7.57. The predicted octanol–water partition coefficient (Wildman–Crippen LogP) is 3.75. The van der Waals surface area contributed by atoms with E-state index in [1.165, 1.54) is 6.07 Å². The molecule has 0 atom stereocenters. The van der Waals surface area contributed by atoms with Crippen LogP contribution in [-0.4, -0.2) is 59.6 Å². The summed E-state index contributed by atoms with van der Waals surface area (Å²) in [6, 6.07) is 1.49. The van der Waals surface area contributed by atoms with Gasteiger partial charge < -0.3 is 20.3 Å². The Morgan fingerprint density at radius 1 is 1.12 bits per heavy atom. The number of halogens is 1. The molecule has 0 spiro atoms. The highest BCUT2D eigenvalue weighted by atomic mass is 19.1. The van der Waals surface area contributed by atoms with Crippen molar-refractivity contribution in [2.75, 3.05) is 25.5 Å². The molecule has 0 aromatic carbocycles. The molecule has 1 saturated carbocycles. The molecule has 1 aliphatic carbocycles. The number of likely N-dealkylation sites (tertiary alicyclic amines) is 1. The Hall–Kier alpha value is -2.22. The highest BCUT2D eigenvalue weighted by Crippen LogP contribution is 2.28. The fourth-order valence-electron chi connectivity index (χ4n) is 4.47. The lowest BCUT2D eigenvalue weighted by Gasteiger charge is -2.31. The first kappa shape index (κ1) is 24.4. The van der Waals surface area contributed by atoms with Gasteiger partial charge in [-0.2, -0.15) is 0 Å². The van der Waals surface area contributed by atoms with Gasteiger partial charge in [0.2, 0.25) is 0 Å². The molecule has 2 fully saturated rings. The van der Waals surface area contributed by atoms with Crippen molar-refractivity contribution >= 4 is 17.7 Å². The highest BCUT2D eigenvalue weighted by molar-refractivity contribution is 5.99. The first-order valence-corrected chi connectivity index (χ1v) is 11.7. The molecule has 2 aliphatic rings. The summed E-state index contributed by atoms with van der Waals surface area (Å²) in [5.74, 6) is -0.277. The number of hydrogen-bond donors (Lipinski definition) is 2. The smallest absolute Gasteiger partial charge is 0.306 e. The molecule has 32 heavy (non-hydrogen) atoms. The molecule has 7 nitrogen and oxygen atoms in total. The largest absolute Gasteiger partial charge is 0.460 e. The number of piperidine rings is 1. The third kappa shape index (κ3) is 7.43. The van der Waals surface area contributed by atoms with Crippen molar-refractivity contribution in [3.8, 4) is 0 Å². The van der Waals surface area contributed by atoms with E-state index in [2.05, 4.69) is 27.6 Å². The van der Waals surface area contributed by atoms with Gasteiger partial charge in [0.05, 0.1) is 11.8 Å². The second kappa shape index (κ2) is 10.6. The van der Waals surface area contributed by atoms with E-state index >= 15 is 0 Å². The molecule has 1 saturated heterocycles. The monoisotopic (exact) mass is 448 g/mol. The second-order valence-electron chi connectivity index (χ2n) is 10.3. The molecule has 2 heterocycles. The van der Waals surface area contributed by atoms with Crippen LogP contribution in [-0.2, 0) is 9.53 Å². The molecule has 1 amide bonds. The van der Waals surface area contributed by atoms with Crippen LogP contribution in [0.2, 0.25) is 0 Å². The minimum atomic E-state index is -0.523. The van der Waals surface area contributed by atoms with E-state index in [1.54, 1.807) is 0 Å². The molecule has 1 aliphatic heterocycles. The summed E-state index contributed by atoms with van der Waals surface area (Å²) >= 11 is 0. The Kier molecular flexibility index (Phi) is 8.09. The predicted molar refractivity (Wildman–Crippen MR) is 122 cm³/mol. The maximum absolute atomic E-state index is 13.9. The van der Waals surface area contributed by atoms with Gasteiger partial charge in [0.1, 0.15) is 17.2 Å². The molecule has 1 aromatic rings. The first-order valence-electron chi connectivity index (χ1n) is 11.7. The van der Waals surface area contributed by atoms with Crippen LogP contribution in [0.1, 0.15) is 76.1 Å². The van der Waals surface area contributed by atoms with E-state index in [1.807, 2.05) is 20.8 Å². The number of anilines is 1. The van der Waals surface area contributed by atoms with Crippen LogP contribution in [0.25, 0.3) is 0 Å². The third-order valence-corrected chi connectivity index (χ3v) is 6.22. The SMILES string of the molecule is CN1CCC(Nc2ncc(F)cc2C(=O)NC2CCC(CC(=O)OC(C)(C)C)CC2)CC1. The molecule has 178 valence electrons. The zero-order chi connectivity index (χ0) is 23.3. The zero-order valence-corrected chi connectivity index (χ0v) is 19.7. The number of esters is 1. The number of rotatable bonds is 6.